The highest BCUT2D eigenvalue weighted by Gasteiger charge is 2.22. The molecule has 3 amide bonds. The number of imide groups is 1. The summed E-state index contributed by atoms with van der Waals surface area (Å²) in [6, 6.07) is 0. The zero-order valence-electron chi connectivity index (χ0n) is 16.2. The van der Waals surface area contributed by atoms with Crippen LogP contribution in [0, 0.1) is 0 Å². The molecule has 1 aliphatic heterocycles. The molecule has 11 heteroatoms. The summed E-state index contributed by atoms with van der Waals surface area (Å²) in [5.41, 5.74) is 0.908. The Balaban J connectivity index is 1.95. The van der Waals surface area contributed by atoms with Crippen LogP contribution >= 0.6 is 23.5 Å². The lowest BCUT2D eigenvalue weighted by molar-refractivity contribution is -0.137. The van der Waals surface area contributed by atoms with Crippen molar-refractivity contribution in [2.24, 2.45) is 5.16 Å². The van der Waals surface area contributed by atoms with Crippen LogP contribution in [0.5, 0.6) is 0 Å². The molecule has 0 aliphatic carbocycles. The number of ether oxygens (including phenoxy) is 2. The van der Waals surface area contributed by atoms with Crippen molar-refractivity contribution in [2.45, 2.75) is 0 Å². The number of nitrogens with zero attached hydrogens (tertiary/aromatic N) is 2. The van der Waals surface area contributed by atoms with Gasteiger partial charge in [-0.15, -0.1) is 0 Å². The van der Waals surface area contributed by atoms with Gasteiger partial charge in [0, 0.05) is 30.2 Å². The van der Waals surface area contributed by atoms with Crippen LogP contribution in [0.1, 0.15) is 0 Å². The van der Waals surface area contributed by atoms with Crippen LogP contribution in [0.25, 0.3) is 0 Å². The Morgan fingerprint density at radius 1 is 1.04 bits per heavy atom. The number of carbonyl (C=O) groups is 3. The Bertz CT molecular complexity index is 545. The topological polar surface area (TPSA) is 107 Å². The number of carbonyl (C=O) groups excluding carboxylic acids is 3. The zero-order valence-corrected chi connectivity index (χ0v) is 17.8. The predicted octanol–water partition coefficient (Wildman–Crippen LogP) is 0.159. The zero-order chi connectivity index (χ0) is 20.6. The molecular formula is C17H27N3O6S2. The molecule has 0 radical (unpaired) electrons. The lowest BCUT2D eigenvalue weighted by Crippen LogP contribution is -2.33. The second kappa shape index (κ2) is 15.4. The summed E-state index contributed by atoms with van der Waals surface area (Å²) in [7, 11) is 0. The highest BCUT2D eigenvalue weighted by molar-refractivity contribution is 8.00. The highest BCUT2D eigenvalue weighted by Crippen LogP contribution is 2.02. The molecule has 0 spiro atoms. The summed E-state index contributed by atoms with van der Waals surface area (Å²) in [6.07, 6.45) is 6.45. The summed E-state index contributed by atoms with van der Waals surface area (Å²) in [6.45, 7) is 1.74. The highest BCUT2D eigenvalue weighted by atomic mass is 32.2. The Morgan fingerprint density at radius 3 is 2.25 bits per heavy atom. The minimum Gasteiger partial charge on any atom is -0.386 e. The molecule has 0 aromatic carbocycles. The second-order valence-electron chi connectivity index (χ2n) is 5.53. The van der Waals surface area contributed by atoms with E-state index in [0.29, 0.717) is 26.4 Å². The predicted molar refractivity (Wildman–Crippen MR) is 111 cm³/mol. The van der Waals surface area contributed by atoms with E-state index in [9.17, 15) is 14.4 Å². The van der Waals surface area contributed by atoms with Crippen molar-refractivity contribution < 1.29 is 28.7 Å². The summed E-state index contributed by atoms with van der Waals surface area (Å²) >= 11 is 3.31. The van der Waals surface area contributed by atoms with Crippen molar-refractivity contribution in [3.05, 3.63) is 12.2 Å². The van der Waals surface area contributed by atoms with Gasteiger partial charge in [-0.2, -0.15) is 23.5 Å². The average Bonchev–Trinajstić information content (AvgIpc) is 2.99. The summed E-state index contributed by atoms with van der Waals surface area (Å²) in [5.74, 6) is 0.657. The first kappa shape index (κ1) is 24.5. The van der Waals surface area contributed by atoms with E-state index >= 15 is 0 Å². The number of thioether (sulfide) groups is 2. The average molecular weight is 434 g/mol. The molecular weight excluding hydrogens is 406 g/mol. The van der Waals surface area contributed by atoms with Gasteiger partial charge in [-0.05, 0) is 12.5 Å². The van der Waals surface area contributed by atoms with Crippen molar-refractivity contribution >= 4 is 47.0 Å². The molecule has 0 saturated heterocycles. The van der Waals surface area contributed by atoms with Crippen LogP contribution in [0.2, 0.25) is 0 Å². The largest absolute Gasteiger partial charge is 0.386 e. The third-order valence-electron chi connectivity index (χ3n) is 3.31. The first-order valence-corrected chi connectivity index (χ1v) is 11.5. The Kier molecular flexibility index (Phi) is 13.4. The monoisotopic (exact) mass is 433 g/mol. The van der Waals surface area contributed by atoms with Gasteiger partial charge in [-0.3, -0.25) is 19.3 Å². The van der Waals surface area contributed by atoms with Gasteiger partial charge in [-0.1, -0.05) is 5.16 Å². The van der Waals surface area contributed by atoms with Gasteiger partial charge >= 0.3 is 0 Å². The molecule has 1 aliphatic rings. The van der Waals surface area contributed by atoms with E-state index in [1.165, 1.54) is 12.2 Å². The molecule has 0 saturated carbocycles. The van der Waals surface area contributed by atoms with Gasteiger partial charge in [-0.25, -0.2) is 0 Å². The van der Waals surface area contributed by atoms with E-state index in [1.807, 2.05) is 12.5 Å². The first-order chi connectivity index (χ1) is 13.6. The number of hydrogen-bond acceptors (Lipinski definition) is 9. The van der Waals surface area contributed by atoms with E-state index in [4.69, 9.17) is 14.3 Å². The first-order valence-electron chi connectivity index (χ1n) is 8.69. The fourth-order valence-electron chi connectivity index (χ4n) is 2.05. The van der Waals surface area contributed by atoms with Crippen molar-refractivity contribution in [2.75, 3.05) is 70.1 Å². The van der Waals surface area contributed by atoms with E-state index < -0.39 is 0 Å². The number of rotatable bonds is 16. The maximum absolute atomic E-state index is 11.6. The van der Waals surface area contributed by atoms with E-state index in [-0.39, 0.29) is 37.5 Å². The fraction of sp³-hybridized carbons (Fsp3) is 0.647. The Labute approximate surface area is 173 Å². The SMILES string of the molecule is CSCC(CSC)=NOCC(=O)NCCOCCOCCN1C(=O)C=CC1=O. The van der Waals surface area contributed by atoms with E-state index in [0.717, 1.165) is 22.1 Å². The van der Waals surface area contributed by atoms with Gasteiger partial charge in [0.25, 0.3) is 17.7 Å². The molecule has 1 N–H and O–H groups in total. The third-order valence-corrected chi connectivity index (χ3v) is 4.56. The van der Waals surface area contributed by atoms with Crippen molar-refractivity contribution in [1.82, 2.24) is 10.2 Å². The molecule has 0 atom stereocenters. The molecule has 9 nitrogen and oxygen atoms in total. The standard InChI is InChI=1S/C17H27N3O6S2/c1-27-12-14(13-28-2)19-26-11-15(21)18-5-7-24-9-10-25-8-6-20-16(22)3-4-17(20)23/h3-4H,5-13H2,1-2H3,(H,18,21). The van der Waals surface area contributed by atoms with Crippen LogP contribution in [0.4, 0.5) is 0 Å². The van der Waals surface area contributed by atoms with Crippen molar-refractivity contribution in [1.29, 1.82) is 0 Å². The fourth-order valence-corrected chi connectivity index (χ4v) is 3.16. The van der Waals surface area contributed by atoms with Crippen LogP contribution in [0.3, 0.4) is 0 Å². The number of amides is 3. The lowest BCUT2D eigenvalue weighted by Gasteiger charge is -2.13. The van der Waals surface area contributed by atoms with Crippen LogP contribution in [-0.4, -0.2) is 98.5 Å². The van der Waals surface area contributed by atoms with E-state index in [2.05, 4.69) is 10.5 Å². The molecule has 0 bridgehead atoms. The normalized spacial score (nSPS) is 13.1. The number of nitrogens with one attached hydrogen (secondary N) is 1. The number of oxime groups is 1. The van der Waals surface area contributed by atoms with Gasteiger partial charge in [0.15, 0.2) is 6.61 Å². The third kappa shape index (κ3) is 10.7. The molecule has 0 aromatic heterocycles. The van der Waals surface area contributed by atoms with Gasteiger partial charge in [0.05, 0.1) is 38.7 Å². The van der Waals surface area contributed by atoms with Crippen molar-refractivity contribution in [3.8, 4) is 0 Å². The van der Waals surface area contributed by atoms with Gasteiger partial charge < -0.3 is 19.6 Å². The molecule has 28 heavy (non-hydrogen) atoms. The van der Waals surface area contributed by atoms with E-state index in [1.54, 1.807) is 23.5 Å². The second-order valence-corrected chi connectivity index (χ2v) is 7.27. The maximum atomic E-state index is 11.6. The summed E-state index contributed by atoms with van der Waals surface area (Å²) in [5, 5.41) is 6.66. The van der Waals surface area contributed by atoms with Crippen LogP contribution in [0.15, 0.2) is 17.3 Å². The van der Waals surface area contributed by atoms with Crippen molar-refractivity contribution in [3.63, 3.8) is 0 Å². The summed E-state index contributed by atoms with van der Waals surface area (Å²) < 4.78 is 10.6. The van der Waals surface area contributed by atoms with Gasteiger partial charge in [0.1, 0.15) is 0 Å². The Hall–Kier alpha value is -1.56. The molecule has 0 fully saturated rings. The van der Waals surface area contributed by atoms with Crippen LogP contribution in [-0.2, 0) is 28.7 Å². The molecule has 1 heterocycles. The molecule has 0 unspecified atom stereocenters. The minimum atomic E-state index is -0.319. The maximum Gasteiger partial charge on any atom is 0.260 e. The van der Waals surface area contributed by atoms with Gasteiger partial charge in [0.2, 0.25) is 0 Å². The van der Waals surface area contributed by atoms with Crippen LogP contribution < -0.4 is 5.32 Å². The lowest BCUT2D eigenvalue weighted by atomic mass is 10.5. The smallest absolute Gasteiger partial charge is 0.260 e. The minimum absolute atomic E-state index is 0.127. The molecule has 158 valence electrons. The quantitative estimate of drug-likeness (QED) is 0.159. The molecule has 1 rings (SSSR count). The Morgan fingerprint density at radius 2 is 1.64 bits per heavy atom. The molecule has 0 aromatic rings. The number of hydrogen-bond donors (Lipinski definition) is 1. The summed E-state index contributed by atoms with van der Waals surface area (Å²) in [4.78, 5) is 40.5.